The number of amides is 1. The van der Waals surface area contributed by atoms with Crippen molar-refractivity contribution in [1.29, 1.82) is 0 Å². The van der Waals surface area contributed by atoms with Crippen LogP contribution in [0.1, 0.15) is 49.8 Å². The minimum Gasteiger partial charge on any atom is -0.497 e. The minimum absolute atomic E-state index is 0.0301. The zero-order valence-corrected chi connectivity index (χ0v) is 18.6. The lowest BCUT2D eigenvalue weighted by Gasteiger charge is -2.34. The maximum Gasteiger partial charge on any atom is 0.257 e. The molecule has 2 aromatic carbocycles. The van der Waals surface area contributed by atoms with Crippen LogP contribution in [0.5, 0.6) is 11.5 Å². The highest BCUT2D eigenvalue weighted by atomic mass is 16.5. The predicted molar refractivity (Wildman–Crippen MR) is 122 cm³/mol. The van der Waals surface area contributed by atoms with Gasteiger partial charge in [0.05, 0.1) is 32.5 Å². The zero-order chi connectivity index (χ0) is 21.8. The summed E-state index contributed by atoms with van der Waals surface area (Å²) in [5.41, 5.74) is 2.91. The lowest BCUT2D eigenvalue weighted by atomic mass is 9.97. The molecule has 2 aliphatic rings. The minimum atomic E-state index is -0.205. The fourth-order valence-electron chi connectivity index (χ4n) is 4.52. The first-order chi connectivity index (χ1) is 15.1. The van der Waals surface area contributed by atoms with E-state index < -0.39 is 0 Å². The van der Waals surface area contributed by atoms with E-state index in [1.807, 2.05) is 48.5 Å². The first kappa shape index (κ1) is 21.4. The molecule has 0 radical (unpaired) electrons. The lowest BCUT2D eigenvalue weighted by Crippen LogP contribution is -2.44. The molecule has 0 bridgehead atoms. The monoisotopic (exact) mass is 421 g/mol. The Balaban J connectivity index is 1.65. The molecule has 6 heteroatoms. The number of methoxy groups -OCH3 is 2. The van der Waals surface area contributed by atoms with Crippen molar-refractivity contribution in [3.05, 3.63) is 59.7 Å². The molecule has 0 N–H and O–H groups in total. The van der Waals surface area contributed by atoms with Crippen molar-refractivity contribution in [2.75, 3.05) is 27.3 Å². The Labute approximate surface area is 184 Å². The number of hydrogen-bond donors (Lipinski definition) is 0. The zero-order valence-electron chi connectivity index (χ0n) is 18.6. The summed E-state index contributed by atoms with van der Waals surface area (Å²) in [7, 11) is 3.28. The van der Waals surface area contributed by atoms with Gasteiger partial charge in [-0.25, -0.2) is 5.01 Å². The smallest absolute Gasteiger partial charge is 0.257 e. The molecule has 2 aliphatic heterocycles. The molecule has 2 unspecified atom stereocenters. The number of carbonyl (C=O) groups excluding carboxylic acids is 1. The fourth-order valence-corrected chi connectivity index (χ4v) is 4.52. The highest BCUT2D eigenvalue weighted by Gasteiger charge is 2.36. The van der Waals surface area contributed by atoms with Crippen LogP contribution in [0.15, 0.2) is 53.6 Å². The quantitative estimate of drug-likeness (QED) is 0.700. The number of carbonyl (C=O) groups is 1. The summed E-state index contributed by atoms with van der Waals surface area (Å²) in [6.45, 7) is 3.56. The average molecular weight is 422 g/mol. The molecule has 6 nitrogen and oxygen atoms in total. The van der Waals surface area contributed by atoms with Crippen molar-refractivity contribution in [3.63, 3.8) is 0 Å². The van der Waals surface area contributed by atoms with Crippen LogP contribution in [0, 0.1) is 0 Å². The van der Waals surface area contributed by atoms with Gasteiger partial charge in [-0.3, -0.25) is 9.69 Å². The van der Waals surface area contributed by atoms with Gasteiger partial charge in [-0.2, -0.15) is 5.10 Å². The van der Waals surface area contributed by atoms with Gasteiger partial charge in [0.1, 0.15) is 11.5 Å². The first-order valence-electron chi connectivity index (χ1n) is 11.0. The third-order valence-electron chi connectivity index (χ3n) is 6.35. The van der Waals surface area contributed by atoms with E-state index in [0.29, 0.717) is 24.8 Å². The van der Waals surface area contributed by atoms with Gasteiger partial charge in [-0.15, -0.1) is 0 Å². The summed E-state index contributed by atoms with van der Waals surface area (Å²) in [6, 6.07) is 16.1. The third-order valence-corrected chi connectivity index (χ3v) is 6.35. The average Bonchev–Trinajstić information content (AvgIpc) is 3.26. The van der Waals surface area contributed by atoms with E-state index in [2.05, 4.69) is 11.8 Å². The van der Waals surface area contributed by atoms with Crippen molar-refractivity contribution in [2.24, 2.45) is 5.10 Å². The van der Waals surface area contributed by atoms with Gasteiger partial charge in [0.25, 0.3) is 5.91 Å². The summed E-state index contributed by atoms with van der Waals surface area (Å²) in [6.07, 6.45) is 4.17. The molecule has 4 rings (SSSR count). The SMILES string of the molecule is COc1ccc(C2CC(c3ccccc3)=NN2C(=O)CN2CCCCC2C)c(OC)c1. The van der Waals surface area contributed by atoms with Crippen LogP contribution in [0.4, 0.5) is 0 Å². The number of nitrogens with zero attached hydrogens (tertiary/aromatic N) is 3. The van der Waals surface area contributed by atoms with Crippen LogP contribution in [-0.2, 0) is 4.79 Å². The molecule has 0 saturated carbocycles. The van der Waals surface area contributed by atoms with Crippen LogP contribution in [-0.4, -0.2) is 54.9 Å². The highest BCUT2D eigenvalue weighted by Crippen LogP contribution is 2.39. The Morgan fingerprint density at radius 1 is 1.10 bits per heavy atom. The number of piperidine rings is 1. The molecule has 2 aromatic rings. The highest BCUT2D eigenvalue weighted by molar-refractivity contribution is 6.03. The molecule has 164 valence electrons. The summed E-state index contributed by atoms with van der Waals surface area (Å²) in [5.74, 6) is 1.46. The van der Waals surface area contributed by atoms with Gasteiger partial charge in [0.2, 0.25) is 0 Å². The molecule has 2 atom stereocenters. The molecule has 31 heavy (non-hydrogen) atoms. The van der Waals surface area contributed by atoms with Crippen molar-refractivity contribution in [3.8, 4) is 11.5 Å². The third kappa shape index (κ3) is 4.59. The Kier molecular flexibility index (Phi) is 6.56. The van der Waals surface area contributed by atoms with E-state index >= 15 is 0 Å². The number of hydrogen-bond acceptors (Lipinski definition) is 5. The second-order valence-corrected chi connectivity index (χ2v) is 8.29. The molecule has 0 aromatic heterocycles. The van der Waals surface area contributed by atoms with E-state index in [9.17, 15) is 4.79 Å². The van der Waals surface area contributed by atoms with Crippen molar-refractivity contribution in [1.82, 2.24) is 9.91 Å². The molecule has 1 amide bonds. The molecular formula is C25H31N3O3. The standard InChI is InChI=1S/C25H31N3O3/c1-18-9-7-8-14-27(18)17-25(29)28-23(16-22(26-28)19-10-5-4-6-11-19)21-13-12-20(30-2)15-24(21)31-3/h4-6,10-13,15,18,23H,7-9,14,16-17H2,1-3H3. The van der Waals surface area contributed by atoms with Gasteiger partial charge in [0, 0.05) is 24.1 Å². The Hall–Kier alpha value is -2.86. The van der Waals surface area contributed by atoms with Gasteiger partial charge in [-0.05, 0) is 44.0 Å². The summed E-state index contributed by atoms with van der Waals surface area (Å²) in [4.78, 5) is 15.7. The fraction of sp³-hybridized carbons (Fsp3) is 0.440. The number of likely N-dealkylation sites (tertiary alicyclic amines) is 1. The summed E-state index contributed by atoms with van der Waals surface area (Å²) >= 11 is 0. The van der Waals surface area contributed by atoms with E-state index in [1.54, 1.807) is 19.2 Å². The summed E-state index contributed by atoms with van der Waals surface area (Å²) in [5, 5.41) is 6.49. The van der Waals surface area contributed by atoms with Crippen molar-refractivity contribution < 1.29 is 14.3 Å². The Bertz CT molecular complexity index is 944. The topological polar surface area (TPSA) is 54.4 Å². The maximum atomic E-state index is 13.5. The molecule has 2 heterocycles. The molecular weight excluding hydrogens is 390 g/mol. The van der Waals surface area contributed by atoms with E-state index in [1.165, 1.54) is 6.42 Å². The summed E-state index contributed by atoms with van der Waals surface area (Å²) < 4.78 is 11.0. The molecule has 1 fully saturated rings. The second-order valence-electron chi connectivity index (χ2n) is 8.29. The number of rotatable bonds is 6. The first-order valence-corrected chi connectivity index (χ1v) is 11.0. The van der Waals surface area contributed by atoms with Crippen LogP contribution >= 0.6 is 0 Å². The van der Waals surface area contributed by atoms with Gasteiger partial charge < -0.3 is 9.47 Å². The molecule has 0 spiro atoms. The van der Waals surface area contributed by atoms with Crippen LogP contribution < -0.4 is 9.47 Å². The van der Waals surface area contributed by atoms with Crippen LogP contribution in [0.3, 0.4) is 0 Å². The van der Waals surface area contributed by atoms with Crippen LogP contribution in [0.25, 0.3) is 0 Å². The number of ether oxygens (including phenoxy) is 2. The van der Waals surface area contributed by atoms with E-state index in [4.69, 9.17) is 14.6 Å². The molecule has 1 saturated heterocycles. The Morgan fingerprint density at radius 3 is 2.61 bits per heavy atom. The maximum absolute atomic E-state index is 13.5. The molecule has 0 aliphatic carbocycles. The number of benzene rings is 2. The van der Waals surface area contributed by atoms with Gasteiger partial charge in [-0.1, -0.05) is 36.8 Å². The number of hydrazone groups is 1. The predicted octanol–water partition coefficient (Wildman–Crippen LogP) is 4.26. The van der Waals surface area contributed by atoms with Crippen molar-refractivity contribution >= 4 is 11.6 Å². The van der Waals surface area contributed by atoms with Gasteiger partial charge in [0.15, 0.2) is 0 Å². The van der Waals surface area contributed by atoms with E-state index in [0.717, 1.165) is 42.0 Å². The lowest BCUT2D eigenvalue weighted by molar-refractivity contribution is -0.135. The normalized spacial score (nSPS) is 21.6. The largest absolute Gasteiger partial charge is 0.497 e. The van der Waals surface area contributed by atoms with Crippen LogP contribution in [0.2, 0.25) is 0 Å². The Morgan fingerprint density at radius 2 is 1.90 bits per heavy atom. The second kappa shape index (κ2) is 9.52. The van der Waals surface area contributed by atoms with Crippen molar-refractivity contribution in [2.45, 2.75) is 44.7 Å². The van der Waals surface area contributed by atoms with E-state index in [-0.39, 0.29) is 11.9 Å². The van der Waals surface area contributed by atoms with Gasteiger partial charge >= 0.3 is 0 Å².